The molecule has 0 radical (unpaired) electrons. The SMILES string of the molecule is CC(C)(C)NC(=O)NCC1(O)CCCc2sccc21. The average molecular weight is 282 g/mol. The smallest absolute Gasteiger partial charge is 0.315 e. The second-order valence-corrected chi connectivity index (χ2v) is 7.20. The number of thiophene rings is 1. The number of rotatable bonds is 2. The summed E-state index contributed by atoms with van der Waals surface area (Å²) in [5.74, 6) is 0. The Hall–Kier alpha value is -1.07. The number of aryl methyl sites for hydroxylation is 1. The van der Waals surface area contributed by atoms with Gasteiger partial charge in [0.15, 0.2) is 0 Å². The number of amides is 2. The molecule has 1 aromatic rings. The predicted octanol–water partition coefficient (Wildman–Crippen LogP) is 2.37. The summed E-state index contributed by atoms with van der Waals surface area (Å²) >= 11 is 1.68. The van der Waals surface area contributed by atoms with Crippen LogP contribution in [0.4, 0.5) is 4.79 Å². The Morgan fingerprint density at radius 1 is 1.53 bits per heavy atom. The van der Waals surface area contributed by atoms with E-state index in [1.807, 2.05) is 32.2 Å². The molecule has 0 aromatic carbocycles. The monoisotopic (exact) mass is 282 g/mol. The summed E-state index contributed by atoms with van der Waals surface area (Å²) in [5.41, 5.74) is -0.199. The fraction of sp³-hybridized carbons (Fsp3) is 0.643. The van der Waals surface area contributed by atoms with Crippen LogP contribution in [-0.4, -0.2) is 23.2 Å². The van der Waals surface area contributed by atoms with Crippen LogP contribution in [-0.2, 0) is 12.0 Å². The fourth-order valence-corrected chi connectivity index (χ4v) is 3.44. The van der Waals surface area contributed by atoms with E-state index < -0.39 is 5.60 Å². The van der Waals surface area contributed by atoms with Crippen molar-refractivity contribution in [3.63, 3.8) is 0 Å². The van der Waals surface area contributed by atoms with Crippen molar-refractivity contribution in [3.8, 4) is 0 Å². The van der Waals surface area contributed by atoms with Gasteiger partial charge in [0.25, 0.3) is 0 Å². The molecule has 19 heavy (non-hydrogen) atoms. The zero-order chi connectivity index (χ0) is 14.1. The van der Waals surface area contributed by atoms with Crippen LogP contribution in [0.2, 0.25) is 0 Å². The fourth-order valence-electron chi connectivity index (χ4n) is 2.42. The number of urea groups is 1. The van der Waals surface area contributed by atoms with Crippen molar-refractivity contribution in [2.75, 3.05) is 6.54 Å². The molecule has 0 fully saturated rings. The molecule has 1 aliphatic rings. The molecule has 0 spiro atoms. The van der Waals surface area contributed by atoms with E-state index in [0.29, 0.717) is 6.42 Å². The molecule has 2 rings (SSSR count). The van der Waals surface area contributed by atoms with E-state index in [-0.39, 0.29) is 18.1 Å². The van der Waals surface area contributed by atoms with E-state index in [2.05, 4.69) is 10.6 Å². The molecule has 0 aliphatic heterocycles. The quantitative estimate of drug-likeness (QED) is 0.780. The number of hydrogen-bond acceptors (Lipinski definition) is 3. The normalized spacial score (nSPS) is 22.7. The number of nitrogens with one attached hydrogen (secondary N) is 2. The number of carbonyl (C=O) groups excluding carboxylic acids is 1. The van der Waals surface area contributed by atoms with Gasteiger partial charge in [-0.25, -0.2) is 4.79 Å². The molecule has 3 N–H and O–H groups in total. The van der Waals surface area contributed by atoms with E-state index >= 15 is 0 Å². The maximum absolute atomic E-state index is 11.8. The van der Waals surface area contributed by atoms with E-state index in [1.165, 1.54) is 4.88 Å². The van der Waals surface area contributed by atoms with Crippen molar-refractivity contribution in [1.29, 1.82) is 0 Å². The third-order valence-corrected chi connectivity index (χ3v) is 4.25. The van der Waals surface area contributed by atoms with Gasteiger partial charge in [0.05, 0.1) is 6.54 Å². The minimum absolute atomic E-state index is 0.233. The number of carbonyl (C=O) groups is 1. The van der Waals surface area contributed by atoms with Gasteiger partial charge >= 0.3 is 6.03 Å². The number of fused-ring (bicyclic) bond motifs is 1. The van der Waals surface area contributed by atoms with Crippen LogP contribution in [0, 0.1) is 0 Å². The van der Waals surface area contributed by atoms with Crippen LogP contribution in [0.25, 0.3) is 0 Å². The lowest BCUT2D eigenvalue weighted by molar-refractivity contribution is 0.0223. The lowest BCUT2D eigenvalue weighted by atomic mass is 9.83. The van der Waals surface area contributed by atoms with Gasteiger partial charge in [-0.1, -0.05) is 0 Å². The highest BCUT2D eigenvalue weighted by Crippen LogP contribution is 2.37. The van der Waals surface area contributed by atoms with E-state index in [4.69, 9.17) is 0 Å². The molecule has 1 heterocycles. The first-order chi connectivity index (χ1) is 8.80. The number of hydrogen-bond donors (Lipinski definition) is 3. The van der Waals surface area contributed by atoms with Crippen LogP contribution < -0.4 is 10.6 Å². The molecule has 106 valence electrons. The van der Waals surface area contributed by atoms with Gasteiger partial charge < -0.3 is 15.7 Å². The first-order valence-electron chi connectivity index (χ1n) is 6.65. The van der Waals surface area contributed by atoms with E-state index in [1.54, 1.807) is 11.3 Å². The van der Waals surface area contributed by atoms with Crippen LogP contribution in [0.15, 0.2) is 11.4 Å². The van der Waals surface area contributed by atoms with Crippen molar-refractivity contribution >= 4 is 17.4 Å². The third kappa shape index (κ3) is 3.48. The molecule has 1 aromatic heterocycles. The van der Waals surface area contributed by atoms with Crippen LogP contribution in [0.3, 0.4) is 0 Å². The zero-order valence-corrected chi connectivity index (χ0v) is 12.6. The Balaban J connectivity index is 1.99. The summed E-state index contributed by atoms with van der Waals surface area (Å²) < 4.78 is 0. The van der Waals surface area contributed by atoms with Gasteiger partial charge in [0.2, 0.25) is 0 Å². The van der Waals surface area contributed by atoms with Crippen molar-refractivity contribution in [2.24, 2.45) is 0 Å². The lowest BCUT2D eigenvalue weighted by Gasteiger charge is -2.33. The molecule has 1 aliphatic carbocycles. The highest BCUT2D eigenvalue weighted by molar-refractivity contribution is 7.10. The number of aliphatic hydroxyl groups is 1. The van der Waals surface area contributed by atoms with Crippen molar-refractivity contribution in [3.05, 3.63) is 21.9 Å². The molecule has 2 amide bonds. The summed E-state index contributed by atoms with van der Waals surface area (Å²) in [5, 5.41) is 18.4. The molecule has 1 atom stereocenters. The lowest BCUT2D eigenvalue weighted by Crippen LogP contribution is -2.50. The average Bonchev–Trinajstić information content (AvgIpc) is 2.74. The largest absolute Gasteiger partial charge is 0.383 e. The van der Waals surface area contributed by atoms with Crippen LogP contribution in [0.5, 0.6) is 0 Å². The molecule has 0 saturated heterocycles. The Bertz CT molecular complexity index is 464. The molecule has 0 saturated carbocycles. The first kappa shape index (κ1) is 14.3. The van der Waals surface area contributed by atoms with E-state index in [9.17, 15) is 9.90 Å². The molecular weight excluding hydrogens is 260 g/mol. The summed E-state index contributed by atoms with van der Waals surface area (Å²) in [6, 6.07) is 1.74. The second-order valence-electron chi connectivity index (χ2n) is 6.20. The Labute approximate surface area is 118 Å². The van der Waals surface area contributed by atoms with Crippen molar-refractivity contribution < 1.29 is 9.90 Å². The first-order valence-corrected chi connectivity index (χ1v) is 7.53. The summed E-state index contributed by atoms with van der Waals surface area (Å²) in [6.45, 7) is 6.05. The highest BCUT2D eigenvalue weighted by atomic mass is 32.1. The topological polar surface area (TPSA) is 61.4 Å². The standard InChI is InChI=1S/C14H22N2O2S/c1-13(2,3)16-12(17)15-9-14(18)7-4-5-11-10(14)6-8-19-11/h6,8,18H,4-5,7,9H2,1-3H3,(H2,15,16,17). The van der Waals surface area contributed by atoms with E-state index in [0.717, 1.165) is 18.4 Å². The molecule has 4 nitrogen and oxygen atoms in total. The van der Waals surface area contributed by atoms with Crippen molar-refractivity contribution in [1.82, 2.24) is 10.6 Å². The summed E-state index contributed by atoms with van der Waals surface area (Å²) in [6.07, 6.45) is 2.70. The highest BCUT2D eigenvalue weighted by Gasteiger charge is 2.35. The minimum atomic E-state index is -0.914. The molecular formula is C14H22N2O2S. The van der Waals surface area contributed by atoms with Crippen LogP contribution >= 0.6 is 11.3 Å². The van der Waals surface area contributed by atoms with Gasteiger partial charge in [0, 0.05) is 10.4 Å². The van der Waals surface area contributed by atoms with Crippen LogP contribution in [0.1, 0.15) is 44.1 Å². The Morgan fingerprint density at radius 3 is 2.95 bits per heavy atom. The zero-order valence-electron chi connectivity index (χ0n) is 11.7. The Kier molecular flexibility index (Phi) is 3.87. The minimum Gasteiger partial charge on any atom is -0.383 e. The van der Waals surface area contributed by atoms with Crippen molar-refractivity contribution in [2.45, 2.75) is 51.2 Å². The second kappa shape index (κ2) is 5.13. The van der Waals surface area contributed by atoms with Gasteiger partial charge in [-0.15, -0.1) is 11.3 Å². The van der Waals surface area contributed by atoms with Gasteiger partial charge in [0.1, 0.15) is 5.60 Å². The maximum atomic E-state index is 11.8. The predicted molar refractivity (Wildman–Crippen MR) is 77.4 cm³/mol. The summed E-state index contributed by atoms with van der Waals surface area (Å²) in [7, 11) is 0. The molecule has 0 bridgehead atoms. The molecule has 1 unspecified atom stereocenters. The third-order valence-electron chi connectivity index (χ3n) is 3.27. The van der Waals surface area contributed by atoms with Gasteiger partial charge in [-0.3, -0.25) is 0 Å². The molecule has 5 heteroatoms. The maximum Gasteiger partial charge on any atom is 0.315 e. The van der Waals surface area contributed by atoms with Gasteiger partial charge in [-0.05, 0) is 57.0 Å². The Morgan fingerprint density at radius 2 is 2.26 bits per heavy atom. The summed E-state index contributed by atoms with van der Waals surface area (Å²) in [4.78, 5) is 13.0. The van der Waals surface area contributed by atoms with Gasteiger partial charge in [-0.2, -0.15) is 0 Å².